The summed E-state index contributed by atoms with van der Waals surface area (Å²) in [5, 5.41) is 2.96. The summed E-state index contributed by atoms with van der Waals surface area (Å²) in [6, 6.07) is 8.07. The fraction of sp³-hybridized carbons (Fsp3) is 0.632. The lowest BCUT2D eigenvalue weighted by Gasteiger charge is -2.16. The number of rotatable bonds is 14. The van der Waals surface area contributed by atoms with Crippen LogP contribution in [0.5, 0.6) is 0 Å². The van der Waals surface area contributed by atoms with Crippen molar-refractivity contribution in [1.82, 2.24) is 10.2 Å². The second kappa shape index (κ2) is 13.8. The Balaban J connectivity index is 2.27. The van der Waals surface area contributed by atoms with Crippen molar-refractivity contribution in [3.63, 3.8) is 0 Å². The number of nitrogens with one attached hydrogen (secondary N) is 1. The molecule has 0 radical (unpaired) electrons. The molecule has 1 aromatic carbocycles. The molecule has 0 aromatic heterocycles. The van der Waals surface area contributed by atoms with Gasteiger partial charge in [-0.3, -0.25) is 9.69 Å². The van der Waals surface area contributed by atoms with Crippen LogP contribution in [0.4, 0.5) is 0 Å². The number of ether oxygens (including phenoxy) is 3. The zero-order valence-electron chi connectivity index (χ0n) is 15.8. The molecular formula is C19H32N2O4. The van der Waals surface area contributed by atoms with E-state index in [0.717, 1.165) is 24.1 Å². The first-order valence-corrected chi connectivity index (χ1v) is 8.83. The maximum absolute atomic E-state index is 12.0. The molecule has 0 aliphatic carbocycles. The number of carbonyl (C=O) groups excluding carboxylic acids is 1. The van der Waals surface area contributed by atoms with Crippen LogP contribution in [-0.2, 0) is 32.2 Å². The summed E-state index contributed by atoms with van der Waals surface area (Å²) in [5.41, 5.74) is 2.17. The number of hydrogen-bond donors (Lipinski definition) is 1. The lowest BCUT2D eigenvalue weighted by Crippen LogP contribution is -2.35. The van der Waals surface area contributed by atoms with Crippen LogP contribution in [0.3, 0.4) is 0 Å². The average Bonchev–Trinajstić information content (AvgIpc) is 2.60. The van der Waals surface area contributed by atoms with Gasteiger partial charge in [-0.2, -0.15) is 0 Å². The summed E-state index contributed by atoms with van der Waals surface area (Å²) < 4.78 is 15.8. The zero-order chi connectivity index (χ0) is 18.3. The molecule has 0 aliphatic heterocycles. The first-order valence-electron chi connectivity index (χ1n) is 8.83. The zero-order valence-corrected chi connectivity index (χ0v) is 15.8. The van der Waals surface area contributed by atoms with Crippen LogP contribution < -0.4 is 5.32 Å². The highest BCUT2D eigenvalue weighted by Gasteiger charge is 2.06. The number of hydrogen-bond acceptors (Lipinski definition) is 5. The van der Waals surface area contributed by atoms with Crippen molar-refractivity contribution in [2.75, 3.05) is 53.7 Å². The van der Waals surface area contributed by atoms with Crippen molar-refractivity contribution in [1.29, 1.82) is 0 Å². The molecule has 0 atom stereocenters. The van der Waals surface area contributed by atoms with Gasteiger partial charge in [0.25, 0.3) is 0 Å². The van der Waals surface area contributed by atoms with E-state index < -0.39 is 0 Å². The Morgan fingerprint density at radius 1 is 1.16 bits per heavy atom. The van der Waals surface area contributed by atoms with E-state index in [9.17, 15) is 4.79 Å². The first kappa shape index (κ1) is 21.6. The Labute approximate surface area is 151 Å². The Morgan fingerprint density at radius 3 is 2.68 bits per heavy atom. The molecule has 0 fully saturated rings. The molecule has 0 bridgehead atoms. The third kappa shape index (κ3) is 10.9. The quantitative estimate of drug-likeness (QED) is 0.518. The standard InChI is InChI=1S/C19H32N2O4/c1-4-24-11-12-25-16-18-8-5-7-17(13-18)14-20-19(22)15-21(2)9-6-10-23-3/h5,7-8,13H,4,6,9-12,14-16H2,1-3H3,(H,20,22). The highest BCUT2D eigenvalue weighted by Crippen LogP contribution is 2.06. The third-order valence-electron chi connectivity index (χ3n) is 3.63. The van der Waals surface area contributed by atoms with E-state index in [0.29, 0.717) is 46.1 Å². The molecule has 0 heterocycles. The predicted molar refractivity (Wildman–Crippen MR) is 98.4 cm³/mol. The van der Waals surface area contributed by atoms with Crippen LogP contribution in [0.1, 0.15) is 24.5 Å². The van der Waals surface area contributed by atoms with E-state index in [1.807, 2.05) is 37.1 Å². The highest BCUT2D eigenvalue weighted by atomic mass is 16.5. The van der Waals surface area contributed by atoms with E-state index in [1.165, 1.54) is 0 Å². The van der Waals surface area contributed by atoms with Gasteiger partial charge in [-0.05, 0) is 31.5 Å². The number of amides is 1. The van der Waals surface area contributed by atoms with Crippen LogP contribution in [0.2, 0.25) is 0 Å². The molecule has 6 heteroatoms. The van der Waals surface area contributed by atoms with Crippen molar-refractivity contribution >= 4 is 5.91 Å². The molecule has 0 aliphatic rings. The van der Waals surface area contributed by atoms with Gasteiger partial charge in [0.05, 0.1) is 26.4 Å². The molecule has 1 amide bonds. The van der Waals surface area contributed by atoms with Gasteiger partial charge < -0.3 is 19.5 Å². The minimum Gasteiger partial charge on any atom is -0.385 e. The molecule has 1 N–H and O–H groups in total. The SMILES string of the molecule is CCOCCOCc1cccc(CNC(=O)CN(C)CCCOC)c1. The van der Waals surface area contributed by atoms with Crippen molar-refractivity contribution in [3.05, 3.63) is 35.4 Å². The summed E-state index contributed by atoms with van der Waals surface area (Å²) in [6.45, 7) is 6.91. The van der Waals surface area contributed by atoms with Crippen molar-refractivity contribution in [3.8, 4) is 0 Å². The van der Waals surface area contributed by atoms with Crippen LogP contribution in [0.25, 0.3) is 0 Å². The molecule has 1 aromatic rings. The van der Waals surface area contributed by atoms with Crippen LogP contribution in [-0.4, -0.2) is 64.5 Å². The van der Waals surface area contributed by atoms with Gasteiger partial charge in [0.2, 0.25) is 5.91 Å². The molecule has 1 rings (SSSR count). The lowest BCUT2D eigenvalue weighted by atomic mass is 10.1. The number of benzene rings is 1. The second-order valence-electron chi connectivity index (χ2n) is 5.93. The smallest absolute Gasteiger partial charge is 0.234 e. The Hall–Kier alpha value is -1.47. The average molecular weight is 352 g/mol. The third-order valence-corrected chi connectivity index (χ3v) is 3.63. The molecule has 6 nitrogen and oxygen atoms in total. The summed E-state index contributed by atoms with van der Waals surface area (Å²) in [6.07, 6.45) is 0.922. The van der Waals surface area contributed by atoms with Gasteiger partial charge in [0, 0.05) is 33.4 Å². The number of methoxy groups -OCH3 is 1. The largest absolute Gasteiger partial charge is 0.385 e. The Bertz CT molecular complexity index is 482. The molecule has 142 valence electrons. The van der Waals surface area contributed by atoms with Gasteiger partial charge >= 0.3 is 0 Å². The highest BCUT2D eigenvalue weighted by molar-refractivity contribution is 5.77. The van der Waals surface area contributed by atoms with Crippen molar-refractivity contribution in [2.45, 2.75) is 26.5 Å². The molecule has 0 saturated heterocycles. The molecule has 25 heavy (non-hydrogen) atoms. The van der Waals surface area contributed by atoms with Crippen LogP contribution >= 0.6 is 0 Å². The van der Waals surface area contributed by atoms with Crippen molar-refractivity contribution in [2.24, 2.45) is 0 Å². The van der Waals surface area contributed by atoms with E-state index in [2.05, 4.69) is 11.4 Å². The summed E-state index contributed by atoms with van der Waals surface area (Å²) in [4.78, 5) is 14.0. The Kier molecular flexibility index (Phi) is 11.9. The molecule has 0 spiro atoms. The normalized spacial score (nSPS) is 11.0. The molecule has 0 saturated carbocycles. The summed E-state index contributed by atoms with van der Waals surface area (Å²) in [7, 11) is 3.63. The van der Waals surface area contributed by atoms with Crippen LogP contribution in [0.15, 0.2) is 24.3 Å². The number of likely N-dealkylation sites (N-methyl/N-ethyl adjacent to an activating group) is 1. The number of carbonyl (C=O) groups is 1. The minimum absolute atomic E-state index is 0.0262. The summed E-state index contributed by atoms with van der Waals surface area (Å²) >= 11 is 0. The van der Waals surface area contributed by atoms with E-state index in [-0.39, 0.29) is 5.91 Å². The maximum atomic E-state index is 12.0. The van der Waals surface area contributed by atoms with Gasteiger partial charge in [-0.15, -0.1) is 0 Å². The second-order valence-corrected chi connectivity index (χ2v) is 5.93. The summed E-state index contributed by atoms with van der Waals surface area (Å²) in [5.74, 6) is 0.0262. The van der Waals surface area contributed by atoms with Gasteiger partial charge in [0.1, 0.15) is 0 Å². The minimum atomic E-state index is 0.0262. The first-order chi connectivity index (χ1) is 12.2. The van der Waals surface area contributed by atoms with Crippen molar-refractivity contribution < 1.29 is 19.0 Å². The number of nitrogens with zero attached hydrogens (tertiary/aromatic N) is 1. The fourth-order valence-corrected chi connectivity index (χ4v) is 2.34. The molecular weight excluding hydrogens is 320 g/mol. The van der Waals surface area contributed by atoms with Gasteiger partial charge in [0.15, 0.2) is 0 Å². The monoisotopic (exact) mass is 352 g/mol. The molecule has 0 unspecified atom stereocenters. The maximum Gasteiger partial charge on any atom is 0.234 e. The predicted octanol–water partition coefficient (Wildman–Crippen LogP) is 1.82. The van der Waals surface area contributed by atoms with E-state index in [4.69, 9.17) is 14.2 Å². The van der Waals surface area contributed by atoms with E-state index in [1.54, 1.807) is 7.11 Å². The lowest BCUT2D eigenvalue weighted by molar-refractivity contribution is -0.122. The van der Waals surface area contributed by atoms with E-state index >= 15 is 0 Å². The fourth-order valence-electron chi connectivity index (χ4n) is 2.34. The topological polar surface area (TPSA) is 60.0 Å². The van der Waals surface area contributed by atoms with Gasteiger partial charge in [-0.1, -0.05) is 24.3 Å². The Morgan fingerprint density at radius 2 is 1.92 bits per heavy atom. The van der Waals surface area contributed by atoms with Crippen LogP contribution in [0, 0.1) is 0 Å². The van der Waals surface area contributed by atoms with Gasteiger partial charge in [-0.25, -0.2) is 0 Å².